The van der Waals surface area contributed by atoms with Crippen molar-refractivity contribution in [3.63, 3.8) is 0 Å². The maximum absolute atomic E-state index is 12.3. The number of carbonyl (C=O) groups excluding carboxylic acids is 1. The van der Waals surface area contributed by atoms with Gasteiger partial charge in [0.1, 0.15) is 17.3 Å². The molecule has 1 saturated heterocycles. The van der Waals surface area contributed by atoms with Gasteiger partial charge in [-0.2, -0.15) is 0 Å². The van der Waals surface area contributed by atoms with Crippen LogP contribution in [0.2, 0.25) is 0 Å². The molecule has 0 radical (unpaired) electrons. The number of aromatic amines is 1. The lowest BCUT2D eigenvalue weighted by atomic mass is 10.2. The first-order chi connectivity index (χ1) is 14.6. The van der Waals surface area contributed by atoms with Crippen LogP contribution < -0.4 is 5.32 Å². The fourth-order valence-electron chi connectivity index (χ4n) is 3.44. The summed E-state index contributed by atoms with van der Waals surface area (Å²) in [5.74, 6) is 2.56. The number of amides is 1. The molecule has 1 atom stereocenters. The number of carbonyl (C=O) groups is 1. The Labute approximate surface area is 180 Å². The largest absolute Gasteiger partial charge is 0.462 e. The van der Waals surface area contributed by atoms with Crippen molar-refractivity contribution in [2.24, 2.45) is 0 Å². The Morgan fingerprint density at radius 3 is 2.97 bits per heavy atom. The summed E-state index contributed by atoms with van der Waals surface area (Å²) in [7, 11) is 0. The van der Waals surface area contributed by atoms with Gasteiger partial charge in [-0.3, -0.25) is 14.8 Å². The van der Waals surface area contributed by atoms with E-state index in [4.69, 9.17) is 4.42 Å². The predicted octanol–water partition coefficient (Wildman–Crippen LogP) is 3.36. The van der Waals surface area contributed by atoms with E-state index >= 15 is 0 Å². The highest BCUT2D eigenvalue weighted by Crippen LogP contribution is 2.16. The summed E-state index contributed by atoms with van der Waals surface area (Å²) >= 11 is 1.33. The summed E-state index contributed by atoms with van der Waals surface area (Å²) in [6.07, 6.45) is 4.61. The zero-order valence-corrected chi connectivity index (χ0v) is 17.7. The summed E-state index contributed by atoms with van der Waals surface area (Å²) in [6.45, 7) is 4.71. The molecule has 2 N–H and O–H groups in total. The Balaban J connectivity index is 1.19. The molecule has 1 fully saturated rings. The van der Waals surface area contributed by atoms with Crippen LogP contribution >= 0.6 is 11.8 Å². The van der Waals surface area contributed by atoms with Crippen LogP contribution in [-0.4, -0.2) is 50.9 Å². The summed E-state index contributed by atoms with van der Waals surface area (Å²) in [5, 5.41) is 10.7. The van der Waals surface area contributed by atoms with E-state index in [0.29, 0.717) is 16.7 Å². The molecular weight excluding hydrogens is 398 g/mol. The molecule has 3 aromatic rings. The number of nitrogens with zero attached hydrogens (tertiary/aromatic N) is 3. The number of nitrogens with one attached hydrogen (secondary N) is 2. The van der Waals surface area contributed by atoms with Gasteiger partial charge in [-0.25, -0.2) is 4.98 Å². The molecule has 4 rings (SSSR count). The van der Waals surface area contributed by atoms with Gasteiger partial charge < -0.3 is 9.73 Å². The minimum Gasteiger partial charge on any atom is -0.462 e. The van der Waals surface area contributed by atoms with Crippen LogP contribution in [0.5, 0.6) is 0 Å². The van der Waals surface area contributed by atoms with E-state index in [1.54, 1.807) is 6.08 Å². The lowest BCUT2D eigenvalue weighted by Gasteiger charge is -2.16. The highest BCUT2D eigenvalue weighted by molar-refractivity contribution is 7.99. The average Bonchev–Trinajstić information content (AvgIpc) is 3.48. The number of aromatic nitrogens is 3. The topological polar surface area (TPSA) is 87.0 Å². The number of aryl methyl sites for hydroxylation is 1. The number of hydrogen-bond acceptors (Lipinski definition) is 6. The highest BCUT2D eigenvalue weighted by Gasteiger charge is 2.23. The maximum atomic E-state index is 12.3. The van der Waals surface area contributed by atoms with Crippen LogP contribution in [0.25, 0.3) is 12.2 Å². The fourth-order valence-corrected chi connectivity index (χ4v) is 4.05. The van der Waals surface area contributed by atoms with Crippen molar-refractivity contribution in [3.05, 3.63) is 65.4 Å². The van der Waals surface area contributed by atoms with E-state index in [0.717, 1.165) is 37.6 Å². The lowest BCUT2D eigenvalue weighted by Crippen LogP contribution is -2.38. The number of likely N-dealkylation sites (tertiary alicyclic amines) is 1. The van der Waals surface area contributed by atoms with Gasteiger partial charge in [0.05, 0.1) is 5.75 Å². The quantitative estimate of drug-likeness (QED) is 0.540. The zero-order valence-electron chi connectivity index (χ0n) is 16.9. The average molecular weight is 424 g/mol. The van der Waals surface area contributed by atoms with E-state index in [2.05, 4.69) is 49.7 Å². The zero-order chi connectivity index (χ0) is 20.8. The number of rotatable bonds is 8. The molecule has 1 unspecified atom stereocenters. The van der Waals surface area contributed by atoms with Gasteiger partial charge in [-0.15, -0.1) is 5.10 Å². The molecule has 1 amide bonds. The Bertz CT molecular complexity index is 998. The Hall–Kier alpha value is -2.84. The van der Waals surface area contributed by atoms with Gasteiger partial charge in [0, 0.05) is 25.7 Å². The van der Waals surface area contributed by atoms with Crippen molar-refractivity contribution in [1.82, 2.24) is 25.4 Å². The van der Waals surface area contributed by atoms with Crippen molar-refractivity contribution in [1.29, 1.82) is 0 Å². The van der Waals surface area contributed by atoms with Crippen LogP contribution in [0.15, 0.2) is 52.0 Å². The molecule has 1 aromatic carbocycles. The van der Waals surface area contributed by atoms with Crippen molar-refractivity contribution in [2.75, 3.05) is 18.8 Å². The first-order valence-electron chi connectivity index (χ1n) is 9.99. The fraction of sp³-hybridized carbons (Fsp3) is 0.318. The summed E-state index contributed by atoms with van der Waals surface area (Å²) in [5.41, 5.74) is 1.30. The summed E-state index contributed by atoms with van der Waals surface area (Å²) in [4.78, 5) is 19.1. The minimum atomic E-state index is 0.0134. The first-order valence-corrected chi connectivity index (χ1v) is 11.0. The SMILES string of the molecule is Cc1ccc(/C=C/c2nc(SCC(=O)NC3CCN(Cc4ccccc4)C3)n[nH]2)o1. The summed E-state index contributed by atoms with van der Waals surface area (Å²) in [6, 6.07) is 14.4. The molecule has 30 heavy (non-hydrogen) atoms. The normalized spacial score (nSPS) is 17.0. The van der Waals surface area contributed by atoms with Gasteiger partial charge in [0.25, 0.3) is 0 Å². The Morgan fingerprint density at radius 2 is 2.17 bits per heavy atom. The number of thioether (sulfide) groups is 1. The van der Waals surface area contributed by atoms with E-state index in [9.17, 15) is 4.79 Å². The van der Waals surface area contributed by atoms with Crippen LogP contribution in [0.3, 0.4) is 0 Å². The van der Waals surface area contributed by atoms with Gasteiger partial charge in [0.2, 0.25) is 11.1 Å². The third kappa shape index (κ3) is 5.84. The second-order valence-electron chi connectivity index (χ2n) is 7.35. The van der Waals surface area contributed by atoms with Gasteiger partial charge in [0.15, 0.2) is 0 Å². The molecule has 0 saturated carbocycles. The molecule has 0 bridgehead atoms. The van der Waals surface area contributed by atoms with E-state index in [-0.39, 0.29) is 11.9 Å². The van der Waals surface area contributed by atoms with Crippen molar-refractivity contribution in [3.8, 4) is 0 Å². The number of benzene rings is 1. The molecule has 3 heterocycles. The van der Waals surface area contributed by atoms with E-state index in [1.165, 1.54) is 17.3 Å². The number of hydrogen-bond donors (Lipinski definition) is 2. The molecule has 7 nitrogen and oxygen atoms in total. The standard InChI is InChI=1S/C22H25N5O2S/c1-16-7-8-19(29-16)9-10-20-24-22(26-25-20)30-15-21(28)23-18-11-12-27(14-18)13-17-5-3-2-4-6-17/h2-10,18H,11-15H2,1H3,(H,23,28)(H,24,25,26)/b10-9+. The molecule has 1 aliphatic heterocycles. The van der Waals surface area contributed by atoms with Gasteiger partial charge in [-0.05, 0) is 43.2 Å². The molecule has 0 aliphatic carbocycles. The van der Waals surface area contributed by atoms with Crippen LogP contribution in [-0.2, 0) is 11.3 Å². The number of furan rings is 1. The molecule has 0 spiro atoms. The van der Waals surface area contributed by atoms with Gasteiger partial charge >= 0.3 is 0 Å². The van der Waals surface area contributed by atoms with Crippen LogP contribution in [0.1, 0.15) is 29.3 Å². The third-order valence-electron chi connectivity index (χ3n) is 4.87. The smallest absolute Gasteiger partial charge is 0.230 e. The lowest BCUT2D eigenvalue weighted by molar-refractivity contribution is -0.119. The molecule has 8 heteroatoms. The van der Waals surface area contributed by atoms with E-state index in [1.807, 2.05) is 31.2 Å². The van der Waals surface area contributed by atoms with Crippen molar-refractivity contribution < 1.29 is 9.21 Å². The Morgan fingerprint density at radius 1 is 1.30 bits per heavy atom. The van der Waals surface area contributed by atoms with Crippen LogP contribution in [0.4, 0.5) is 0 Å². The number of H-pyrrole nitrogens is 1. The van der Waals surface area contributed by atoms with Crippen molar-refractivity contribution >= 4 is 29.8 Å². The molecule has 2 aromatic heterocycles. The predicted molar refractivity (Wildman–Crippen MR) is 118 cm³/mol. The van der Waals surface area contributed by atoms with E-state index < -0.39 is 0 Å². The Kier molecular flexibility index (Phi) is 6.66. The second kappa shape index (κ2) is 9.77. The summed E-state index contributed by atoms with van der Waals surface area (Å²) < 4.78 is 5.48. The molecule has 156 valence electrons. The minimum absolute atomic E-state index is 0.0134. The van der Waals surface area contributed by atoms with Gasteiger partial charge in [-0.1, -0.05) is 42.1 Å². The van der Waals surface area contributed by atoms with Crippen molar-refractivity contribution in [2.45, 2.75) is 31.1 Å². The first kappa shape index (κ1) is 20.4. The molecular formula is C22H25N5O2S. The molecule has 1 aliphatic rings. The highest BCUT2D eigenvalue weighted by atomic mass is 32.2. The van der Waals surface area contributed by atoms with Crippen LogP contribution in [0, 0.1) is 6.92 Å². The monoisotopic (exact) mass is 423 g/mol. The second-order valence-corrected chi connectivity index (χ2v) is 8.29. The maximum Gasteiger partial charge on any atom is 0.230 e. The third-order valence-corrected chi connectivity index (χ3v) is 5.71.